The molecule has 3 nitrogen and oxygen atoms in total. The first-order valence-corrected chi connectivity index (χ1v) is 6.68. The number of amides is 1. The molecule has 1 aliphatic rings. The first-order valence-electron chi connectivity index (χ1n) is 5.61. The molecular formula is C12H15IN2O. The molecule has 1 aromatic rings. The summed E-state index contributed by atoms with van der Waals surface area (Å²) in [4.78, 5) is 16.2. The lowest BCUT2D eigenvalue weighted by Crippen LogP contribution is -2.21. The van der Waals surface area contributed by atoms with Crippen LogP contribution in [-0.2, 0) is 4.79 Å². The molecule has 1 aliphatic carbocycles. The SMILES string of the molecule is Cc1nc(NC(=O)C2CCCC2)ccc1I. The van der Waals surface area contributed by atoms with Gasteiger partial charge in [0.15, 0.2) is 0 Å². The van der Waals surface area contributed by atoms with E-state index in [-0.39, 0.29) is 11.8 Å². The zero-order valence-corrected chi connectivity index (χ0v) is 11.5. The van der Waals surface area contributed by atoms with E-state index in [0.717, 1.165) is 22.1 Å². The van der Waals surface area contributed by atoms with Crippen LogP contribution in [0.25, 0.3) is 0 Å². The molecule has 1 fully saturated rings. The Labute approximate surface area is 109 Å². The Balaban J connectivity index is 2.02. The third-order valence-corrected chi connectivity index (χ3v) is 4.14. The molecule has 0 atom stereocenters. The maximum absolute atomic E-state index is 11.9. The van der Waals surface area contributed by atoms with Crippen LogP contribution in [0.15, 0.2) is 12.1 Å². The lowest BCUT2D eigenvalue weighted by atomic mass is 10.1. The number of carbonyl (C=O) groups is 1. The summed E-state index contributed by atoms with van der Waals surface area (Å²) in [5.74, 6) is 1.00. The molecule has 16 heavy (non-hydrogen) atoms. The number of anilines is 1. The minimum absolute atomic E-state index is 0.130. The summed E-state index contributed by atoms with van der Waals surface area (Å²) in [5, 5.41) is 2.90. The molecule has 0 saturated heterocycles. The number of nitrogens with one attached hydrogen (secondary N) is 1. The number of aromatic nitrogens is 1. The number of carbonyl (C=O) groups excluding carboxylic acids is 1. The topological polar surface area (TPSA) is 42.0 Å². The molecule has 0 spiro atoms. The van der Waals surface area contributed by atoms with Crippen LogP contribution in [0, 0.1) is 16.4 Å². The van der Waals surface area contributed by atoms with E-state index in [1.807, 2.05) is 19.1 Å². The van der Waals surface area contributed by atoms with Crippen molar-refractivity contribution in [3.63, 3.8) is 0 Å². The van der Waals surface area contributed by atoms with E-state index in [4.69, 9.17) is 0 Å². The van der Waals surface area contributed by atoms with Crippen molar-refractivity contribution in [1.82, 2.24) is 4.98 Å². The molecule has 86 valence electrons. The molecule has 0 aliphatic heterocycles. The largest absolute Gasteiger partial charge is 0.310 e. The van der Waals surface area contributed by atoms with Crippen LogP contribution in [0.3, 0.4) is 0 Å². The lowest BCUT2D eigenvalue weighted by molar-refractivity contribution is -0.119. The standard InChI is InChI=1S/C12H15IN2O/c1-8-10(13)6-7-11(14-8)15-12(16)9-4-2-3-5-9/h6-7,9H,2-5H2,1H3,(H,14,15,16). The number of rotatable bonds is 2. The van der Waals surface area contributed by atoms with Crippen molar-refractivity contribution in [2.24, 2.45) is 5.92 Å². The van der Waals surface area contributed by atoms with E-state index >= 15 is 0 Å². The molecule has 2 rings (SSSR count). The Morgan fingerprint density at radius 2 is 2.12 bits per heavy atom. The minimum Gasteiger partial charge on any atom is -0.310 e. The van der Waals surface area contributed by atoms with Gasteiger partial charge in [0.25, 0.3) is 0 Å². The van der Waals surface area contributed by atoms with Crippen LogP contribution < -0.4 is 5.32 Å². The number of nitrogens with zero attached hydrogens (tertiary/aromatic N) is 1. The molecule has 1 saturated carbocycles. The van der Waals surface area contributed by atoms with Gasteiger partial charge in [0.1, 0.15) is 5.82 Å². The molecule has 1 amide bonds. The molecule has 1 N–H and O–H groups in total. The van der Waals surface area contributed by atoms with Crippen molar-refractivity contribution >= 4 is 34.3 Å². The van der Waals surface area contributed by atoms with Crippen molar-refractivity contribution in [3.8, 4) is 0 Å². The van der Waals surface area contributed by atoms with E-state index in [0.29, 0.717) is 5.82 Å². The van der Waals surface area contributed by atoms with Gasteiger partial charge in [-0.2, -0.15) is 0 Å². The van der Waals surface area contributed by atoms with Gasteiger partial charge in [-0.05, 0) is 54.5 Å². The van der Waals surface area contributed by atoms with E-state index in [2.05, 4.69) is 32.9 Å². The molecule has 0 bridgehead atoms. The van der Waals surface area contributed by atoms with E-state index < -0.39 is 0 Å². The Hall–Kier alpha value is -0.650. The molecular weight excluding hydrogens is 315 g/mol. The summed E-state index contributed by atoms with van der Waals surface area (Å²) in [6.07, 6.45) is 4.40. The predicted molar refractivity (Wildman–Crippen MR) is 72.3 cm³/mol. The number of hydrogen-bond acceptors (Lipinski definition) is 2. The van der Waals surface area contributed by atoms with Gasteiger partial charge in [0, 0.05) is 9.49 Å². The molecule has 1 heterocycles. The summed E-state index contributed by atoms with van der Waals surface area (Å²) < 4.78 is 1.12. The summed E-state index contributed by atoms with van der Waals surface area (Å²) >= 11 is 2.24. The normalized spacial score (nSPS) is 16.4. The van der Waals surface area contributed by atoms with E-state index in [9.17, 15) is 4.79 Å². The van der Waals surface area contributed by atoms with Gasteiger partial charge in [-0.15, -0.1) is 0 Å². The van der Waals surface area contributed by atoms with Gasteiger partial charge in [-0.3, -0.25) is 4.79 Å². The maximum atomic E-state index is 11.9. The minimum atomic E-state index is 0.130. The fourth-order valence-electron chi connectivity index (χ4n) is 2.03. The summed E-state index contributed by atoms with van der Waals surface area (Å²) in [6, 6.07) is 3.84. The highest BCUT2D eigenvalue weighted by Crippen LogP contribution is 2.25. The summed E-state index contributed by atoms with van der Waals surface area (Å²) in [5.41, 5.74) is 0.963. The van der Waals surface area contributed by atoms with Crippen molar-refractivity contribution in [2.45, 2.75) is 32.6 Å². The zero-order chi connectivity index (χ0) is 11.5. The van der Waals surface area contributed by atoms with Crippen LogP contribution in [0.2, 0.25) is 0 Å². The van der Waals surface area contributed by atoms with Gasteiger partial charge in [0.05, 0.1) is 5.69 Å². The average Bonchev–Trinajstić information content (AvgIpc) is 2.77. The number of aryl methyl sites for hydroxylation is 1. The molecule has 1 aromatic heterocycles. The predicted octanol–water partition coefficient (Wildman–Crippen LogP) is 3.12. The van der Waals surface area contributed by atoms with Crippen molar-refractivity contribution in [3.05, 3.63) is 21.4 Å². The number of hydrogen-bond donors (Lipinski definition) is 1. The highest BCUT2D eigenvalue weighted by atomic mass is 127. The van der Waals surface area contributed by atoms with Crippen molar-refractivity contribution < 1.29 is 4.79 Å². The lowest BCUT2D eigenvalue weighted by Gasteiger charge is -2.10. The van der Waals surface area contributed by atoms with Crippen LogP contribution in [0.4, 0.5) is 5.82 Å². The second kappa shape index (κ2) is 5.12. The second-order valence-electron chi connectivity index (χ2n) is 4.23. The van der Waals surface area contributed by atoms with Gasteiger partial charge in [-0.25, -0.2) is 4.98 Å². The van der Waals surface area contributed by atoms with Gasteiger partial charge in [0.2, 0.25) is 5.91 Å². The Kier molecular flexibility index (Phi) is 3.78. The van der Waals surface area contributed by atoms with Crippen LogP contribution >= 0.6 is 22.6 Å². The smallest absolute Gasteiger partial charge is 0.228 e. The Bertz CT molecular complexity index is 400. The van der Waals surface area contributed by atoms with Gasteiger partial charge >= 0.3 is 0 Å². The Morgan fingerprint density at radius 1 is 1.44 bits per heavy atom. The van der Waals surface area contributed by atoms with Gasteiger partial charge < -0.3 is 5.32 Å². The highest BCUT2D eigenvalue weighted by Gasteiger charge is 2.22. The molecule has 0 aromatic carbocycles. The first-order chi connectivity index (χ1) is 7.66. The number of halogens is 1. The fraction of sp³-hybridized carbons (Fsp3) is 0.500. The summed E-state index contributed by atoms with van der Waals surface area (Å²) in [7, 11) is 0. The van der Waals surface area contributed by atoms with E-state index in [1.165, 1.54) is 12.8 Å². The fourth-order valence-corrected chi connectivity index (χ4v) is 2.33. The molecule has 0 unspecified atom stereocenters. The van der Waals surface area contributed by atoms with Crippen LogP contribution in [-0.4, -0.2) is 10.9 Å². The third-order valence-electron chi connectivity index (χ3n) is 3.00. The second-order valence-corrected chi connectivity index (χ2v) is 5.40. The average molecular weight is 330 g/mol. The monoisotopic (exact) mass is 330 g/mol. The van der Waals surface area contributed by atoms with Crippen LogP contribution in [0.5, 0.6) is 0 Å². The highest BCUT2D eigenvalue weighted by molar-refractivity contribution is 14.1. The quantitative estimate of drug-likeness (QED) is 0.847. The Morgan fingerprint density at radius 3 is 2.75 bits per heavy atom. The van der Waals surface area contributed by atoms with Crippen molar-refractivity contribution in [1.29, 1.82) is 0 Å². The first kappa shape index (κ1) is 11.8. The van der Waals surface area contributed by atoms with Gasteiger partial charge in [-0.1, -0.05) is 12.8 Å². The van der Waals surface area contributed by atoms with Crippen molar-refractivity contribution in [2.75, 3.05) is 5.32 Å². The zero-order valence-electron chi connectivity index (χ0n) is 9.29. The van der Waals surface area contributed by atoms with E-state index in [1.54, 1.807) is 0 Å². The maximum Gasteiger partial charge on any atom is 0.228 e. The van der Waals surface area contributed by atoms with Crippen LogP contribution in [0.1, 0.15) is 31.4 Å². The number of pyridine rings is 1. The molecule has 0 radical (unpaired) electrons. The third kappa shape index (κ3) is 2.72. The summed E-state index contributed by atoms with van der Waals surface area (Å²) in [6.45, 7) is 1.95. The molecule has 4 heteroatoms.